The minimum absolute atomic E-state index is 0. The predicted octanol–water partition coefficient (Wildman–Crippen LogP) is 2.28. The molecule has 2 nitrogen and oxygen atoms in total. The zero-order valence-electron chi connectivity index (χ0n) is 7.00. The number of thiocarbonyl (C=S) groups is 1. The number of fused-ring (bicyclic) bond motifs is 2. The van der Waals surface area contributed by atoms with E-state index in [0.29, 0.717) is 0 Å². The van der Waals surface area contributed by atoms with Crippen molar-refractivity contribution in [3.63, 3.8) is 0 Å². The summed E-state index contributed by atoms with van der Waals surface area (Å²) in [6.45, 7) is 3.98. The van der Waals surface area contributed by atoms with Crippen LogP contribution in [-0.4, -0.2) is 9.97 Å². The molecule has 1 spiro atoms. The van der Waals surface area contributed by atoms with Crippen molar-refractivity contribution in [2.45, 2.75) is 11.8 Å². The Morgan fingerprint density at radius 3 is 3.15 bits per heavy atom. The zero-order chi connectivity index (χ0) is 9.05. The van der Waals surface area contributed by atoms with Crippen LogP contribution < -0.4 is 5.32 Å². The predicted molar refractivity (Wildman–Crippen MR) is 58.0 cm³/mol. The Bertz CT molecular complexity index is 444. The second kappa shape index (κ2) is 1.99. The molecule has 0 bridgehead atoms. The highest BCUT2D eigenvalue weighted by Gasteiger charge is 2.58. The van der Waals surface area contributed by atoms with Gasteiger partial charge in [-0.05, 0) is 18.6 Å². The van der Waals surface area contributed by atoms with E-state index >= 15 is 0 Å². The molecule has 1 fully saturated rings. The van der Waals surface area contributed by atoms with Crippen LogP contribution in [-0.2, 0) is 5.41 Å². The number of anilines is 1. The monoisotopic (exact) mass is 190 g/mol. The molecule has 1 aromatic rings. The molecule has 0 aromatic carbocycles. The Hall–Kier alpha value is -1.22. The molecule has 0 radical (unpaired) electrons. The van der Waals surface area contributed by atoms with Gasteiger partial charge in [0.25, 0.3) is 0 Å². The second-order valence-electron chi connectivity index (χ2n) is 3.54. The lowest BCUT2D eigenvalue weighted by Gasteiger charge is -2.03. The number of nitrogens with one attached hydrogen (secondary N) is 1. The summed E-state index contributed by atoms with van der Waals surface area (Å²) in [5.74, 6) is 0. The van der Waals surface area contributed by atoms with Crippen molar-refractivity contribution in [2.75, 3.05) is 5.32 Å². The van der Waals surface area contributed by atoms with E-state index in [4.69, 9.17) is 12.2 Å². The topological polar surface area (TPSA) is 24.9 Å². The standard InChI is InChI=1S/C10H8N2S.H2/c1-6-5-10(6)8-7(12-9(10)13)3-2-4-11-8;/h2-4H,1,5H2,(H,12,13);1H. The van der Waals surface area contributed by atoms with Gasteiger partial charge in [0.15, 0.2) is 0 Å². The van der Waals surface area contributed by atoms with Crippen LogP contribution in [0.2, 0.25) is 0 Å². The largest absolute Gasteiger partial charge is 0.347 e. The van der Waals surface area contributed by atoms with Crippen molar-refractivity contribution in [3.8, 4) is 0 Å². The lowest BCUT2D eigenvalue weighted by Crippen LogP contribution is -2.17. The first-order valence-corrected chi connectivity index (χ1v) is 4.61. The molecule has 2 aliphatic rings. The van der Waals surface area contributed by atoms with Crippen molar-refractivity contribution in [3.05, 3.63) is 36.2 Å². The maximum atomic E-state index is 5.29. The molecule has 0 saturated heterocycles. The van der Waals surface area contributed by atoms with Gasteiger partial charge in [-0.1, -0.05) is 24.4 Å². The second-order valence-corrected chi connectivity index (χ2v) is 3.95. The number of nitrogens with zero attached hydrogens (tertiary/aromatic N) is 1. The molecule has 1 unspecified atom stereocenters. The summed E-state index contributed by atoms with van der Waals surface area (Å²) >= 11 is 5.29. The van der Waals surface area contributed by atoms with Gasteiger partial charge in [0, 0.05) is 7.62 Å². The fraction of sp³-hybridized carbons (Fsp3) is 0.200. The molecule has 2 heterocycles. The SMILES string of the molecule is C=C1CC12C(=S)Nc1cccnc12.[HH]. The minimum Gasteiger partial charge on any atom is -0.347 e. The maximum Gasteiger partial charge on any atom is 0.0966 e. The first kappa shape index (κ1) is 7.21. The number of hydrogen-bond donors (Lipinski definition) is 1. The fourth-order valence-corrected chi connectivity index (χ4v) is 2.37. The lowest BCUT2D eigenvalue weighted by atomic mass is 10.0. The number of aromatic nitrogens is 1. The van der Waals surface area contributed by atoms with Gasteiger partial charge in [0.05, 0.1) is 21.8 Å². The number of pyridine rings is 1. The highest BCUT2D eigenvalue weighted by Crippen LogP contribution is 2.58. The van der Waals surface area contributed by atoms with E-state index in [1.54, 1.807) is 0 Å². The third kappa shape index (κ3) is 0.687. The number of rotatable bonds is 0. The van der Waals surface area contributed by atoms with E-state index in [1.807, 2.05) is 18.3 Å². The smallest absolute Gasteiger partial charge is 0.0966 e. The van der Waals surface area contributed by atoms with Gasteiger partial charge >= 0.3 is 0 Å². The van der Waals surface area contributed by atoms with Crippen molar-refractivity contribution >= 4 is 22.9 Å². The van der Waals surface area contributed by atoms with E-state index in [0.717, 1.165) is 22.8 Å². The Morgan fingerprint density at radius 1 is 1.69 bits per heavy atom. The third-order valence-electron chi connectivity index (χ3n) is 2.80. The van der Waals surface area contributed by atoms with Crippen LogP contribution >= 0.6 is 12.2 Å². The molecule has 1 N–H and O–H groups in total. The van der Waals surface area contributed by atoms with Crippen LogP contribution in [0, 0.1) is 0 Å². The molecule has 1 aromatic heterocycles. The molecule has 1 saturated carbocycles. The van der Waals surface area contributed by atoms with E-state index < -0.39 is 0 Å². The van der Waals surface area contributed by atoms with Gasteiger partial charge < -0.3 is 5.32 Å². The van der Waals surface area contributed by atoms with E-state index in [-0.39, 0.29) is 6.84 Å². The first-order valence-electron chi connectivity index (χ1n) is 4.20. The van der Waals surface area contributed by atoms with E-state index in [2.05, 4.69) is 16.9 Å². The van der Waals surface area contributed by atoms with Crippen LogP contribution in [0.15, 0.2) is 30.5 Å². The van der Waals surface area contributed by atoms with Crippen LogP contribution in [0.4, 0.5) is 5.69 Å². The summed E-state index contributed by atoms with van der Waals surface area (Å²) < 4.78 is 0. The van der Waals surface area contributed by atoms with Gasteiger partial charge in [0.2, 0.25) is 0 Å². The molecule has 1 aliphatic carbocycles. The average molecular weight is 190 g/mol. The van der Waals surface area contributed by atoms with Crippen molar-refractivity contribution in [2.24, 2.45) is 0 Å². The summed E-state index contributed by atoms with van der Waals surface area (Å²) in [6.07, 6.45) is 2.77. The molecule has 3 rings (SSSR count). The molecule has 1 atom stereocenters. The van der Waals surface area contributed by atoms with E-state index in [1.165, 1.54) is 5.57 Å². The van der Waals surface area contributed by atoms with Crippen LogP contribution in [0.25, 0.3) is 0 Å². The normalized spacial score (nSPS) is 28.9. The molecule has 3 heteroatoms. The molecular formula is C10H10N2S. The van der Waals surface area contributed by atoms with E-state index in [9.17, 15) is 0 Å². The summed E-state index contributed by atoms with van der Waals surface area (Å²) in [6, 6.07) is 3.92. The summed E-state index contributed by atoms with van der Waals surface area (Å²) in [5.41, 5.74) is 3.20. The third-order valence-corrected chi connectivity index (χ3v) is 3.26. The highest BCUT2D eigenvalue weighted by molar-refractivity contribution is 7.80. The molecular weight excluding hydrogens is 180 g/mol. The Labute approximate surface area is 83.2 Å². The first-order chi connectivity index (χ1) is 6.25. The van der Waals surface area contributed by atoms with Crippen LogP contribution in [0.3, 0.4) is 0 Å². The van der Waals surface area contributed by atoms with Gasteiger partial charge in [-0.3, -0.25) is 4.98 Å². The maximum absolute atomic E-state index is 5.29. The summed E-state index contributed by atoms with van der Waals surface area (Å²) in [4.78, 5) is 5.23. The Morgan fingerprint density at radius 2 is 2.46 bits per heavy atom. The molecule has 13 heavy (non-hydrogen) atoms. The van der Waals surface area contributed by atoms with Crippen LogP contribution in [0.1, 0.15) is 13.5 Å². The van der Waals surface area contributed by atoms with Crippen molar-refractivity contribution in [1.29, 1.82) is 0 Å². The highest BCUT2D eigenvalue weighted by atomic mass is 32.1. The van der Waals surface area contributed by atoms with Gasteiger partial charge in [0.1, 0.15) is 0 Å². The van der Waals surface area contributed by atoms with Crippen molar-refractivity contribution < 1.29 is 1.43 Å². The van der Waals surface area contributed by atoms with Crippen molar-refractivity contribution in [1.82, 2.24) is 4.98 Å². The molecule has 0 amide bonds. The molecule has 1 aliphatic heterocycles. The number of hydrogen-bond acceptors (Lipinski definition) is 2. The minimum atomic E-state index is -0.0913. The summed E-state index contributed by atoms with van der Waals surface area (Å²) in [7, 11) is 0. The average Bonchev–Trinajstić information content (AvgIpc) is 2.71. The van der Waals surface area contributed by atoms with Gasteiger partial charge in [-0.2, -0.15) is 0 Å². The quantitative estimate of drug-likeness (QED) is 0.502. The van der Waals surface area contributed by atoms with Gasteiger partial charge in [-0.25, -0.2) is 0 Å². The lowest BCUT2D eigenvalue weighted by molar-refractivity contribution is 0.962. The zero-order valence-corrected chi connectivity index (χ0v) is 7.82. The fourth-order valence-electron chi connectivity index (χ4n) is 1.95. The Balaban J connectivity index is 0.000000750. The van der Waals surface area contributed by atoms with Crippen LogP contribution in [0.5, 0.6) is 0 Å². The Kier molecular flexibility index (Phi) is 1.10. The summed E-state index contributed by atoms with van der Waals surface area (Å²) in [5, 5.41) is 3.19. The van der Waals surface area contributed by atoms with Gasteiger partial charge in [-0.15, -0.1) is 0 Å². The molecule has 66 valence electrons.